The van der Waals surface area contributed by atoms with E-state index in [1.165, 1.54) is 24.3 Å². The van der Waals surface area contributed by atoms with Gasteiger partial charge in [-0.15, -0.1) is 0 Å². The van der Waals surface area contributed by atoms with Gasteiger partial charge in [-0.05, 0) is 25.1 Å². The number of benzene rings is 2. The van der Waals surface area contributed by atoms with Crippen molar-refractivity contribution in [1.82, 2.24) is 0 Å². The quantitative estimate of drug-likeness (QED) is 0.515. The van der Waals surface area contributed by atoms with Crippen LogP contribution in [0.2, 0.25) is 0 Å². The zero-order valence-electron chi connectivity index (χ0n) is 11.9. The molecule has 0 bridgehead atoms. The first-order valence-electron chi connectivity index (χ1n) is 6.37. The second-order valence-electron chi connectivity index (χ2n) is 4.54. The Balaban J connectivity index is 2.31. The van der Waals surface area contributed by atoms with E-state index in [9.17, 15) is 24.6 Å². The van der Waals surface area contributed by atoms with Crippen LogP contribution in [0.15, 0.2) is 47.6 Å². The lowest BCUT2D eigenvalue weighted by atomic mass is 10.1. The maximum atomic E-state index is 13.2. The predicted octanol–water partition coefficient (Wildman–Crippen LogP) is 3.48. The first kappa shape index (κ1) is 16.0. The minimum absolute atomic E-state index is 0.00338. The largest absolute Gasteiger partial charge is 0.301 e. The summed E-state index contributed by atoms with van der Waals surface area (Å²) in [6.07, 6.45) is 0. The molecule has 0 atom stereocenters. The third kappa shape index (κ3) is 3.84. The van der Waals surface area contributed by atoms with Crippen molar-refractivity contribution >= 4 is 22.8 Å². The average Bonchev–Trinajstić information content (AvgIpc) is 2.52. The lowest BCUT2D eigenvalue weighted by molar-refractivity contribution is -0.393. The van der Waals surface area contributed by atoms with Crippen molar-refractivity contribution in [1.29, 1.82) is 0 Å². The molecule has 0 saturated carbocycles. The van der Waals surface area contributed by atoms with E-state index in [4.69, 9.17) is 0 Å². The lowest BCUT2D eigenvalue weighted by Crippen LogP contribution is -2.02. The van der Waals surface area contributed by atoms with Crippen LogP contribution >= 0.6 is 0 Å². The number of nitro benzene ring substituents is 2. The summed E-state index contributed by atoms with van der Waals surface area (Å²) in [6, 6.07) is 8.86. The Morgan fingerprint density at radius 2 is 1.87 bits per heavy atom. The van der Waals surface area contributed by atoms with Crippen LogP contribution in [0.4, 0.5) is 21.5 Å². The fraction of sp³-hybridized carbons (Fsp3) is 0.0714. The van der Waals surface area contributed by atoms with Crippen LogP contribution in [-0.2, 0) is 0 Å². The highest BCUT2D eigenvalue weighted by Crippen LogP contribution is 2.29. The smallest absolute Gasteiger partial charge is 0.271 e. The van der Waals surface area contributed by atoms with Gasteiger partial charge in [0.05, 0.1) is 21.6 Å². The summed E-state index contributed by atoms with van der Waals surface area (Å²) in [7, 11) is 0. The average molecular weight is 318 g/mol. The SMILES string of the molecule is C/C(=N\Nc1ccc([N+](=O)[O-])cc1[N+](=O)[O-])c1cccc(F)c1. The van der Waals surface area contributed by atoms with Crippen molar-refractivity contribution in [2.75, 3.05) is 5.43 Å². The van der Waals surface area contributed by atoms with E-state index in [0.29, 0.717) is 11.3 Å². The van der Waals surface area contributed by atoms with Crippen molar-refractivity contribution < 1.29 is 14.2 Å². The maximum absolute atomic E-state index is 13.2. The summed E-state index contributed by atoms with van der Waals surface area (Å²) in [4.78, 5) is 20.2. The molecule has 0 aliphatic heterocycles. The van der Waals surface area contributed by atoms with Gasteiger partial charge in [-0.3, -0.25) is 25.7 Å². The van der Waals surface area contributed by atoms with Crippen LogP contribution in [0.1, 0.15) is 12.5 Å². The van der Waals surface area contributed by atoms with E-state index in [0.717, 1.165) is 12.1 Å². The van der Waals surface area contributed by atoms with E-state index in [-0.39, 0.29) is 5.69 Å². The molecule has 0 fully saturated rings. The molecule has 8 nitrogen and oxygen atoms in total. The van der Waals surface area contributed by atoms with E-state index in [1.807, 2.05) is 0 Å². The van der Waals surface area contributed by atoms with Gasteiger partial charge in [0, 0.05) is 11.6 Å². The fourth-order valence-corrected chi connectivity index (χ4v) is 1.80. The summed E-state index contributed by atoms with van der Waals surface area (Å²) in [5, 5.41) is 25.6. The lowest BCUT2D eigenvalue weighted by Gasteiger charge is -2.05. The number of hydrogen-bond donors (Lipinski definition) is 1. The van der Waals surface area contributed by atoms with E-state index in [2.05, 4.69) is 10.5 Å². The Kier molecular flexibility index (Phi) is 4.60. The number of non-ortho nitro benzene ring substituents is 1. The van der Waals surface area contributed by atoms with Crippen LogP contribution in [0.5, 0.6) is 0 Å². The Morgan fingerprint density at radius 1 is 1.13 bits per heavy atom. The van der Waals surface area contributed by atoms with Gasteiger partial charge in [-0.1, -0.05) is 12.1 Å². The van der Waals surface area contributed by atoms with Crippen molar-refractivity contribution in [3.63, 3.8) is 0 Å². The van der Waals surface area contributed by atoms with Crippen LogP contribution in [-0.4, -0.2) is 15.6 Å². The molecule has 2 aromatic carbocycles. The summed E-state index contributed by atoms with van der Waals surface area (Å²) in [5.74, 6) is -0.432. The van der Waals surface area contributed by atoms with Crippen LogP contribution < -0.4 is 5.43 Å². The zero-order valence-corrected chi connectivity index (χ0v) is 11.9. The topological polar surface area (TPSA) is 111 Å². The molecule has 0 aliphatic rings. The van der Waals surface area contributed by atoms with Gasteiger partial charge in [0.15, 0.2) is 0 Å². The first-order valence-corrected chi connectivity index (χ1v) is 6.37. The van der Waals surface area contributed by atoms with Crippen LogP contribution in [0, 0.1) is 26.0 Å². The molecule has 9 heteroatoms. The maximum Gasteiger partial charge on any atom is 0.301 e. The number of anilines is 1. The molecular formula is C14H11FN4O4. The van der Waals surface area contributed by atoms with E-state index < -0.39 is 27.0 Å². The van der Waals surface area contributed by atoms with Crippen molar-refractivity contribution in [3.8, 4) is 0 Å². The summed E-state index contributed by atoms with van der Waals surface area (Å²) < 4.78 is 13.2. The van der Waals surface area contributed by atoms with E-state index in [1.54, 1.807) is 13.0 Å². The van der Waals surface area contributed by atoms with Crippen molar-refractivity contribution in [2.45, 2.75) is 6.92 Å². The van der Waals surface area contributed by atoms with Crippen LogP contribution in [0.3, 0.4) is 0 Å². The number of nitro groups is 2. The summed E-state index contributed by atoms with van der Waals surface area (Å²) >= 11 is 0. The molecule has 0 radical (unpaired) electrons. The molecule has 0 spiro atoms. The molecule has 0 heterocycles. The van der Waals surface area contributed by atoms with Gasteiger partial charge < -0.3 is 0 Å². The van der Waals surface area contributed by atoms with Gasteiger partial charge in [-0.25, -0.2) is 4.39 Å². The molecule has 0 amide bonds. The number of hydrogen-bond acceptors (Lipinski definition) is 6. The van der Waals surface area contributed by atoms with Crippen LogP contribution in [0.25, 0.3) is 0 Å². The molecule has 0 aliphatic carbocycles. The Labute approximate surface area is 129 Å². The minimum Gasteiger partial charge on any atom is -0.271 e. The monoisotopic (exact) mass is 318 g/mol. The summed E-state index contributed by atoms with van der Waals surface area (Å²) in [5.41, 5.74) is 2.51. The third-order valence-electron chi connectivity index (χ3n) is 2.98. The van der Waals surface area contributed by atoms with Gasteiger partial charge in [-0.2, -0.15) is 5.10 Å². The molecule has 2 rings (SSSR count). The fourth-order valence-electron chi connectivity index (χ4n) is 1.80. The molecule has 0 unspecified atom stereocenters. The molecule has 2 aromatic rings. The molecule has 118 valence electrons. The van der Waals surface area contributed by atoms with Gasteiger partial charge in [0.1, 0.15) is 11.5 Å². The molecule has 0 saturated heterocycles. The highest BCUT2D eigenvalue weighted by molar-refractivity contribution is 5.99. The normalized spacial score (nSPS) is 11.1. The predicted molar refractivity (Wildman–Crippen MR) is 82.0 cm³/mol. The second-order valence-corrected chi connectivity index (χ2v) is 4.54. The molecule has 1 N–H and O–H groups in total. The number of nitrogens with one attached hydrogen (secondary N) is 1. The molecule has 23 heavy (non-hydrogen) atoms. The molecule has 0 aromatic heterocycles. The zero-order chi connectivity index (χ0) is 17.0. The number of hydrazone groups is 1. The van der Waals surface area contributed by atoms with E-state index >= 15 is 0 Å². The number of rotatable bonds is 5. The summed E-state index contributed by atoms with van der Waals surface area (Å²) in [6.45, 7) is 1.60. The number of halogens is 1. The minimum atomic E-state index is -0.748. The van der Waals surface area contributed by atoms with Gasteiger partial charge >= 0.3 is 5.69 Å². The standard InChI is InChI=1S/C14H11FN4O4/c1-9(10-3-2-4-11(15)7-10)16-17-13-6-5-12(18(20)21)8-14(13)19(22)23/h2-8,17H,1H3/b16-9+. The molecular weight excluding hydrogens is 307 g/mol. The Morgan fingerprint density at radius 3 is 2.48 bits per heavy atom. The van der Waals surface area contributed by atoms with Crippen molar-refractivity contribution in [3.05, 3.63) is 74.1 Å². The number of nitrogens with zero attached hydrogens (tertiary/aromatic N) is 3. The second kappa shape index (κ2) is 6.60. The Bertz CT molecular complexity index is 807. The van der Waals surface area contributed by atoms with Crippen molar-refractivity contribution in [2.24, 2.45) is 5.10 Å². The highest BCUT2D eigenvalue weighted by Gasteiger charge is 2.19. The van der Waals surface area contributed by atoms with Gasteiger partial charge in [0.2, 0.25) is 0 Å². The van der Waals surface area contributed by atoms with Gasteiger partial charge in [0.25, 0.3) is 5.69 Å². The highest BCUT2D eigenvalue weighted by atomic mass is 19.1. The Hall–Kier alpha value is -3.36. The first-order chi connectivity index (χ1) is 10.9. The third-order valence-corrected chi connectivity index (χ3v) is 2.98.